The van der Waals surface area contributed by atoms with E-state index in [1.807, 2.05) is 19.1 Å². The maximum atomic E-state index is 6.27. The molecule has 2 aromatic rings. The minimum absolute atomic E-state index is 0.645. The number of hydrogen-bond donors (Lipinski definition) is 0. The molecule has 0 amide bonds. The van der Waals surface area contributed by atoms with Crippen LogP contribution in [0.5, 0.6) is 0 Å². The molecule has 0 N–H and O–H groups in total. The summed E-state index contributed by atoms with van der Waals surface area (Å²) in [5.41, 5.74) is 4.53. The van der Waals surface area contributed by atoms with Gasteiger partial charge in [-0.15, -0.1) is 0 Å². The maximum Gasteiger partial charge on any atom is 0.0661 e. The number of hydrazone groups is 1. The molecule has 1 saturated heterocycles. The molecular formula is C20H23Cl2N3. The summed E-state index contributed by atoms with van der Waals surface area (Å²) < 4.78 is 0. The third kappa shape index (κ3) is 4.97. The second-order valence-corrected chi connectivity index (χ2v) is 7.37. The molecule has 0 aromatic heterocycles. The molecule has 3 nitrogen and oxygen atoms in total. The predicted molar refractivity (Wildman–Crippen MR) is 107 cm³/mol. The lowest BCUT2D eigenvalue weighted by Crippen LogP contribution is -2.43. The van der Waals surface area contributed by atoms with Crippen molar-refractivity contribution in [2.24, 2.45) is 5.10 Å². The first-order chi connectivity index (χ1) is 12.0. The topological polar surface area (TPSA) is 18.8 Å². The summed E-state index contributed by atoms with van der Waals surface area (Å²) >= 11 is 12.2. The Morgan fingerprint density at radius 2 is 1.68 bits per heavy atom. The fourth-order valence-corrected chi connectivity index (χ4v) is 3.54. The lowest BCUT2D eigenvalue weighted by molar-refractivity contribution is 0.130. The summed E-state index contributed by atoms with van der Waals surface area (Å²) in [6.45, 7) is 8.99. The van der Waals surface area contributed by atoms with Crippen LogP contribution in [0.15, 0.2) is 47.6 Å². The Hall–Kier alpha value is -1.55. The lowest BCUT2D eigenvalue weighted by Gasteiger charge is -2.33. The van der Waals surface area contributed by atoms with Crippen LogP contribution in [0.3, 0.4) is 0 Å². The molecular weight excluding hydrogens is 353 g/mol. The molecule has 0 saturated carbocycles. The van der Waals surface area contributed by atoms with E-state index in [4.69, 9.17) is 28.3 Å². The highest BCUT2D eigenvalue weighted by atomic mass is 35.5. The molecule has 25 heavy (non-hydrogen) atoms. The second-order valence-electron chi connectivity index (χ2n) is 6.52. The van der Waals surface area contributed by atoms with Crippen LogP contribution in [0, 0.1) is 6.92 Å². The van der Waals surface area contributed by atoms with Gasteiger partial charge in [0.05, 0.1) is 10.7 Å². The molecule has 1 fully saturated rings. The standard InChI is InChI=1S/C20H23Cl2N3/c1-15-3-5-17(6-4-15)14-24-9-11-25(12-10-24)23-16(2)19-8-7-18(21)13-20(19)22/h3-8,13H,9-12,14H2,1-2H3/b23-16+. The minimum atomic E-state index is 0.645. The number of aryl methyl sites for hydroxylation is 1. The van der Waals surface area contributed by atoms with Crippen molar-refractivity contribution in [1.82, 2.24) is 9.91 Å². The molecule has 1 aliphatic rings. The van der Waals surface area contributed by atoms with Crippen LogP contribution >= 0.6 is 23.2 Å². The van der Waals surface area contributed by atoms with Crippen molar-refractivity contribution in [3.63, 3.8) is 0 Å². The van der Waals surface area contributed by atoms with Crippen molar-refractivity contribution in [2.75, 3.05) is 26.2 Å². The van der Waals surface area contributed by atoms with Crippen LogP contribution in [0.1, 0.15) is 23.6 Å². The van der Waals surface area contributed by atoms with Crippen molar-refractivity contribution in [2.45, 2.75) is 20.4 Å². The molecule has 1 heterocycles. The summed E-state index contributed by atoms with van der Waals surface area (Å²) in [6, 6.07) is 14.3. The SMILES string of the molecule is C/C(=N\N1CCN(Cc2ccc(C)cc2)CC1)c1ccc(Cl)cc1Cl. The van der Waals surface area contributed by atoms with Gasteiger partial charge in [-0.2, -0.15) is 5.10 Å². The highest BCUT2D eigenvalue weighted by Gasteiger charge is 2.16. The zero-order valence-corrected chi connectivity index (χ0v) is 16.2. The van der Waals surface area contributed by atoms with E-state index in [2.05, 4.69) is 41.1 Å². The highest BCUT2D eigenvalue weighted by Crippen LogP contribution is 2.22. The van der Waals surface area contributed by atoms with Gasteiger partial charge in [0.25, 0.3) is 0 Å². The summed E-state index contributed by atoms with van der Waals surface area (Å²) in [6.07, 6.45) is 0. The fraction of sp³-hybridized carbons (Fsp3) is 0.350. The summed E-state index contributed by atoms with van der Waals surface area (Å²) in [7, 11) is 0. The molecule has 132 valence electrons. The van der Waals surface area contributed by atoms with Gasteiger partial charge in [0, 0.05) is 43.3 Å². The van der Waals surface area contributed by atoms with Gasteiger partial charge in [-0.3, -0.25) is 9.91 Å². The molecule has 0 radical (unpaired) electrons. The summed E-state index contributed by atoms with van der Waals surface area (Å²) in [5, 5.41) is 8.17. The Bertz CT molecular complexity index is 748. The van der Waals surface area contributed by atoms with Crippen LogP contribution in [0.4, 0.5) is 0 Å². The zero-order chi connectivity index (χ0) is 17.8. The monoisotopic (exact) mass is 375 g/mol. The maximum absolute atomic E-state index is 6.27. The number of halogens is 2. The van der Waals surface area contributed by atoms with Crippen LogP contribution in [-0.4, -0.2) is 41.8 Å². The van der Waals surface area contributed by atoms with Gasteiger partial charge >= 0.3 is 0 Å². The Labute approximate surface area is 159 Å². The molecule has 0 atom stereocenters. The Morgan fingerprint density at radius 3 is 2.32 bits per heavy atom. The van der Waals surface area contributed by atoms with Gasteiger partial charge in [-0.25, -0.2) is 0 Å². The van der Waals surface area contributed by atoms with E-state index < -0.39 is 0 Å². The van der Waals surface area contributed by atoms with Crippen LogP contribution in [-0.2, 0) is 6.54 Å². The number of hydrogen-bond acceptors (Lipinski definition) is 3. The zero-order valence-electron chi connectivity index (χ0n) is 14.7. The second kappa shape index (κ2) is 8.22. The van der Waals surface area contributed by atoms with Crippen molar-refractivity contribution < 1.29 is 0 Å². The Balaban J connectivity index is 1.57. The van der Waals surface area contributed by atoms with Gasteiger partial charge in [0.15, 0.2) is 0 Å². The van der Waals surface area contributed by atoms with Gasteiger partial charge < -0.3 is 0 Å². The molecule has 3 rings (SSSR count). The van der Waals surface area contributed by atoms with Gasteiger partial charge in [-0.05, 0) is 31.5 Å². The average Bonchev–Trinajstić information content (AvgIpc) is 2.58. The largest absolute Gasteiger partial charge is 0.295 e. The molecule has 0 aliphatic carbocycles. The summed E-state index contributed by atoms with van der Waals surface area (Å²) in [4.78, 5) is 2.47. The van der Waals surface area contributed by atoms with Crippen molar-refractivity contribution in [3.05, 3.63) is 69.2 Å². The summed E-state index contributed by atoms with van der Waals surface area (Å²) in [5.74, 6) is 0. The smallest absolute Gasteiger partial charge is 0.0661 e. The molecule has 0 spiro atoms. The quantitative estimate of drug-likeness (QED) is 0.711. The molecule has 5 heteroatoms. The number of nitrogens with zero attached hydrogens (tertiary/aromatic N) is 3. The Morgan fingerprint density at radius 1 is 1.00 bits per heavy atom. The first-order valence-corrected chi connectivity index (χ1v) is 9.30. The van der Waals surface area contributed by atoms with Crippen LogP contribution in [0.25, 0.3) is 0 Å². The van der Waals surface area contributed by atoms with E-state index in [0.29, 0.717) is 10.0 Å². The van der Waals surface area contributed by atoms with Gasteiger partial charge in [0.2, 0.25) is 0 Å². The fourth-order valence-electron chi connectivity index (χ4n) is 3.00. The van der Waals surface area contributed by atoms with E-state index in [9.17, 15) is 0 Å². The number of piperazine rings is 1. The van der Waals surface area contributed by atoms with E-state index in [1.54, 1.807) is 6.07 Å². The van der Waals surface area contributed by atoms with E-state index >= 15 is 0 Å². The first-order valence-electron chi connectivity index (χ1n) is 8.55. The lowest BCUT2D eigenvalue weighted by atomic mass is 10.1. The molecule has 0 unspecified atom stereocenters. The predicted octanol–water partition coefficient (Wildman–Crippen LogP) is 4.84. The average molecular weight is 376 g/mol. The third-order valence-electron chi connectivity index (χ3n) is 4.49. The first kappa shape index (κ1) is 18.2. The molecule has 1 aliphatic heterocycles. The van der Waals surface area contributed by atoms with Crippen molar-refractivity contribution in [1.29, 1.82) is 0 Å². The molecule has 2 aromatic carbocycles. The van der Waals surface area contributed by atoms with Gasteiger partial charge in [-0.1, -0.05) is 59.1 Å². The van der Waals surface area contributed by atoms with E-state index in [0.717, 1.165) is 44.0 Å². The minimum Gasteiger partial charge on any atom is -0.295 e. The van der Waals surface area contributed by atoms with Crippen molar-refractivity contribution >= 4 is 28.9 Å². The number of rotatable bonds is 4. The van der Waals surface area contributed by atoms with Crippen molar-refractivity contribution in [3.8, 4) is 0 Å². The van der Waals surface area contributed by atoms with E-state index in [1.165, 1.54) is 11.1 Å². The number of benzene rings is 2. The molecule has 0 bridgehead atoms. The highest BCUT2D eigenvalue weighted by molar-refractivity contribution is 6.36. The van der Waals surface area contributed by atoms with Crippen LogP contribution in [0.2, 0.25) is 10.0 Å². The third-order valence-corrected chi connectivity index (χ3v) is 5.04. The Kier molecular flexibility index (Phi) is 6.00. The normalized spacial score (nSPS) is 16.3. The van der Waals surface area contributed by atoms with E-state index in [-0.39, 0.29) is 0 Å². The van der Waals surface area contributed by atoms with Gasteiger partial charge in [0.1, 0.15) is 0 Å². The van der Waals surface area contributed by atoms with Crippen LogP contribution < -0.4 is 0 Å².